The van der Waals surface area contributed by atoms with Crippen molar-refractivity contribution in [1.82, 2.24) is 15.0 Å². The van der Waals surface area contributed by atoms with Gasteiger partial charge in [0.2, 0.25) is 0 Å². The Bertz CT molecular complexity index is 909. The van der Waals surface area contributed by atoms with Crippen molar-refractivity contribution >= 4 is 0 Å². The van der Waals surface area contributed by atoms with Gasteiger partial charge in [-0.25, -0.2) is 4.98 Å². The summed E-state index contributed by atoms with van der Waals surface area (Å²) in [6.07, 6.45) is 8.11. The predicted octanol–water partition coefficient (Wildman–Crippen LogP) is 5.53. The van der Waals surface area contributed by atoms with Crippen molar-refractivity contribution in [1.29, 1.82) is 0 Å². The maximum absolute atomic E-state index is 5.61. The zero-order chi connectivity index (χ0) is 21.9. The number of aromatic nitrogens is 3. The first kappa shape index (κ1) is 23.0. The van der Waals surface area contributed by atoms with E-state index in [0.717, 1.165) is 68.3 Å². The van der Waals surface area contributed by atoms with Gasteiger partial charge in [-0.05, 0) is 81.8 Å². The molecule has 0 aromatic carbocycles. The lowest BCUT2D eigenvalue weighted by Crippen LogP contribution is -2.04. The van der Waals surface area contributed by atoms with E-state index in [9.17, 15) is 0 Å². The fourth-order valence-electron chi connectivity index (χ4n) is 3.29. The fraction of sp³-hybridized carbons (Fsp3) is 0.423. The SMILES string of the molecule is CCOCCCc1ccc(-c2cccc(-c3ccc(CCCOC(C)C)cn3)n2)nc1. The minimum Gasteiger partial charge on any atom is -0.382 e. The molecule has 5 heteroatoms. The summed E-state index contributed by atoms with van der Waals surface area (Å²) in [4.78, 5) is 14.0. The minimum atomic E-state index is 0.282. The molecule has 0 bridgehead atoms. The average molecular weight is 420 g/mol. The Morgan fingerprint density at radius 1 is 0.742 bits per heavy atom. The Balaban J connectivity index is 1.61. The highest BCUT2D eigenvalue weighted by atomic mass is 16.5. The lowest BCUT2D eigenvalue weighted by molar-refractivity contribution is 0.0772. The molecule has 164 valence electrons. The molecule has 0 spiro atoms. The number of nitrogens with zero attached hydrogens (tertiary/aromatic N) is 3. The second-order valence-electron chi connectivity index (χ2n) is 7.84. The minimum absolute atomic E-state index is 0.282. The van der Waals surface area contributed by atoms with Crippen LogP contribution < -0.4 is 0 Å². The third kappa shape index (κ3) is 7.53. The van der Waals surface area contributed by atoms with Gasteiger partial charge >= 0.3 is 0 Å². The molecule has 0 fully saturated rings. The number of pyridine rings is 3. The van der Waals surface area contributed by atoms with Gasteiger partial charge in [-0.1, -0.05) is 18.2 Å². The van der Waals surface area contributed by atoms with Gasteiger partial charge in [0.05, 0.1) is 28.9 Å². The molecule has 3 aromatic rings. The number of ether oxygens (including phenoxy) is 2. The first-order chi connectivity index (χ1) is 15.2. The third-order valence-corrected chi connectivity index (χ3v) is 4.94. The summed E-state index contributed by atoms with van der Waals surface area (Å²) in [5.41, 5.74) is 5.89. The Labute approximate surface area is 185 Å². The van der Waals surface area contributed by atoms with Gasteiger partial charge in [0.15, 0.2) is 0 Å². The van der Waals surface area contributed by atoms with Crippen molar-refractivity contribution < 1.29 is 9.47 Å². The van der Waals surface area contributed by atoms with E-state index in [-0.39, 0.29) is 6.10 Å². The summed E-state index contributed by atoms with van der Waals surface area (Å²) in [6.45, 7) is 8.48. The lowest BCUT2D eigenvalue weighted by Gasteiger charge is -2.08. The van der Waals surface area contributed by atoms with E-state index in [2.05, 4.69) is 35.9 Å². The summed E-state index contributed by atoms with van der Waals surface area (Å²) in [5, 5.41) is 0. The summed E-state index contributed by atoms with van der Waals surface area (Å²) >= 11 is 0. The maximum Gasteiger partial charge on any atom is 0.0894 e. The van der Waals surface area contributed by atoms with E-state index in [1.807, 2.05) is 49.6 Å². The topological polar surface area (TPSA) is 57.1 Å². The highest BCUT2D eigenvalue weighted by molar-refractivity contribution is 5.61. The molecule has 0 aliphatic heterocycles. The predicted molar refractivity (Wildman–Crippen MR) is 125 cm³/mol. The molecule has 0 radical (unpaired) electrons. The molecule has 3 heterocycles. The van der Waals surface area contributed by atoms with E-state index in [4.69, 9.17) is 14.5 Å². The second-order valence-corrected chi connectivity index (χ2v) is 7.84. The van der Waals surface area contributed by atoms with E-state index in [0.29, 0.717) is 0 Å². The molecule has 0 unspecified atom stereocenters. The largest absolute Gasteiger partial charge is 0.382 e. The van der Waals surface area contributed by atoms with Crippen LogP contribution in [-0.2, 0) is 22.3 Å². The van der Waals surface area contributed by atoms with Crippen LogP contribution in [0.4, 0.5) is 0 Å². The van der Waals surface area contributed by atoms with Crippen LogP contribution in [0.25, 0.3) is 22.8 Å². The molecule has 0 saturated carbocycles. The molecule has 0 amide bonds. The van der Waals surface area contributed by atoms with Gasteiger partial charge in [-0.15, -0.1) is 0 Å². The Morgan fingerprint density at radius 2 is 1.32 bits per heavy atom. The molecular formula is C26H33N3O2. The molecule has 0 saturated heterocycles. The zero-order valence-corrected chi connectivity index (χ0v) is 18.9. The molecule has 5 nitrogen and oxygen atoms in total. The lowest BCUT2D eigenvalue weighted by atomic mass is 10.1. The van der Waals surface area contributed by atoms with E-state index in [1.54, 1.807) is 0 Å². The molecule has 3 aromatic heterocycles. The molecule has 0 aliphatic rings. The van der Waals surface area contributed by atoms with Crippen molar-refractivity contribution in [2.75, 3.05) is 19.8 Å². The Morgan fingerprint density at radius 3 is 1.81 bits per heavy atom. The summed E-state index contributed by atoms with van der Waals surface area (Å²) < 4.78 is 11.0. The van der Waals surface area contributed by atoms with E-state index in [1.165, 1.54) is 11.1 Å². The van der Waals surface area contributed by atoms with Gasteiger partial charge < -0.3 is 9.47 Å². The summed E-state index contributed by atoms with van der Waals surface area (Å²) in [7, 11) is 0. The van der Waals surface area contributed by atoms with Crippen molar-refractivity contribution in [2.45, 2.75) is 52.6 Å². The fourth-order valence-corrected chi connectivity index (χ4v) is 3.29. The van der Waals surface area contributed by atoms with Crippen molar-refractivity contribution in [3.8, 4) is 22.8 Å². The van der Waals surface area contributed by atoms with Crippen LogP contribution in [0.5, 0.6) is 0 Å². The molecule has 0 aliphatic carbocycles. The zero-order valence-electron chi connectivity index (χ0n) is 18.9. The van der Waals surface area contributed by atoms with Crippen molar-refractivity contribution in [3.63, 3.8) is 0 Å². The van der Waals surface area contributed by atoms with Gasteiger partial charge in [-0.2, -0.15) is 0 Å². The quantitative estimate of drug-likeness (QED) is 0.361. The van der Waals surface area contributed by atoms with Crippen molar-refractivity contribution in [3.05, 3.63) is 66.0 Å². The normalized spacial score (nSPS) is 11.2. The Kier molecular flexibility index (Phi) is 9.13. The van der Waals surface area contributed by atoms with Crippen LogP contribution in [0.2, 0.25) is 0 Å². The molecule has 3 rings (SSSR count). The van der Waals surface area contributed by atoms with Gasteiger partial charge in [0.25, 0.3) is 0 Å². The van der Waals surface area contributed by atoms with Gasteiger partial charge in [-0.3, -0.25) is 9.97 Å². The van der Waals surface area contributed by atoms with Crippen LogP contribution in [0, 0.1) is 0 Å². The molecule has 0 atom stereocenters. The monoisotopic (exact) mass is 419 g/mol. The maximum atomic E-state index is 5.61. The smallest absolute Gasteiger partial charge is 0.0894 e. The van der Waals surface area contributed by atoms with E-state index < -0.39 is 0 Å². The van der Waals surface area contributed by atoms with Crippen LogP contribution in [0.15, 0.2) is 54.9 Å². The average Bonchev–Trinajstić information content (AvgIpc) is 2.80. The number of aryl methyl sites for hydroxylation is 2. The summed E-state index contributed by atoms with van der Waals surface area (Å²) in [6, 6.07) is 14.3. The number of rotatable bonds is 12. The van der Waals surface area contributed by atoms with Crippen molar-refractivity contribution in [2.24, 2.45) is 0 Å². The molecular weight excluding hydrogens is 386 g/mol. The van der Waals surface area contributed by atoms with Gasteiger partial charge in [0.1, 0.15) is 0 Å². The van der Waals surface area contributed by atoms with Gasteiger partial charge in [0, 0.05) is 32.2 Å². The molecule has 0 N–H and O–H groups in total. The highest BCUT2D eigenvalue weighted by Gasteiger charge is 2.06. The van der Waals surface area contributed by atoms with Crippen LogP contribution in [0.3, 0.4) is 0 Å². The first-order valence-electron chi connectivity index (χ1n) is 11.2. The summed E-state index contributed by atoms with van der Waals surface area (Å²) in [5.74, 6) is 0. The standard InChI is InChI=1S/C26H33N3O2/c1-4-30-16-6-8-21-12-14-23(27-18-21)25-10-5-11-26(29-25)24-15-13-22(19-28-24)9-7-17-31-20(2)3/h5,10-15,18-20H,4,6-9,16-17H2,1-3H3. The van der Waals surface area contributed by atoms with Crippen LogP contribution in [-0.4, -0.2) is 40.9 Å². The van der Waals surface area contributed by atoms with E-state index >= 15 is 0 Å². The van der Waals surface area contributed by atoms with Crippen LogP contribution in [0.1, 0.15) is 44.7 Å². The van der Waals surface area contributed by atoms with Crippen LogP contribution >= 0.6 is 0 Å². The number of hydrogen-bond acceptors (Lipinski definition) is 5. The first-order valence-corrected chi connectivity index (χ1v) is 11.2. The second kappa shape index (κ2) is 12.3. The molecule has 31 heavy (non-hydrogen) atoms. The third-order valence-electron chi connectivity index (χ3n) is 4.94. The Hall–Kier alpha value is -2.63. The number of hydrogen-bond donors (Lipinski definition) is 0. The highest BCUT2D eigenvalue weighted by Crippen LogP contribution is 2.21.